The first-order valence-corrected chi connectivity index (χ1v) is 11.6. The molecule has 0 radical (unpaired) electrons. The highest BCUT2D eigenvalue weighted by Gasteiger charge is 2.20. The fourth-order valence-corrected chi connectivity index (χ4v) is 4.65. The second-order valence-electron chi connectivity index (χ2n) is 7.41. The van der Waals surface area contributed by atoms with Gasteiger partial charge in [-0.05, 0) is 54.0 Å². The Bertz CT molecular complexity index is 1090. The van der Waals surface area contributed by atoms with Crippen molar-refractivity contribution in [3.05, 3.63) is 88.1 Å². The van der Waals surface area contributed by atoms with E-state index in [2.05, 4.69) is 31.0 Å². The van der Waals surface area contributed by atoms with Crippen LogP contribution >= 0.6 is 11.6 Å². The topological polar surface area (TPSA) is 75.8 Å². The zero-order chi connectivity index (χ0) is 22.5. The summed E-state index contributed by atoms with van der Waals surface area (Å²) in [6, 6.07) is 12.3. The van der Waals surface area contributed by atoms with Crippen LogP contribution in [0.1, 0.15) is 41.8 Å². The molecule has 7 heteroatoms. The zero-order valence-corrected chi connectivity index (χ0v) is 19.4. The summed E-state index contributed by atoms with van der Waals surface area (Å²) in [5.41, 5.74) is 9.56. The van der Waals surface area contributed by atoms with Crippen molar-refractivity contribution in [3.63, 3.8) is 0 Å². The van der Waals surface area contributed by atoms with Crippen LogP contribution in [0, 0.1) is 5.92 Å². The average molecular weight is 456 g/mol. The van der Waals surface area contributed by atoms with Crippen molar-refractivity contribution in [2.24, 2.45) is 16.6 Å². The molecule has 1 amide bonds. The van der Waals surface area contributed by atoms with E-state index in [9.17, 15) is 9.00 Å². The van der Waals surface area contributed by atoms with E-state index in [0.29, 0.717) is 22.0 Å². The van der Waals surface area contributed by atoms with Gasteiger partial charge in [-0.15, -0.1) is 0 Å². The summed E-state index contributed by atoms with van der Waals surface area (Å²) in [6.07, 6.45) is 7.00. The number of allylic oxidation sites excluding steroid dienone is 3. The highest BCUT2D eigenvalue weighted by Crippen LogP contribution is 2.29. The standard InChI is InChI=1S/C24H26ClN3O2S/c1-4-5-20-16(2)12-13-27-23(20)21-14-17(6-11-22(21)25)15-28(3)31(30)19-9-7-18(8-10-19)24(26)29/h5-14,16H,4,15H2,1-3H3,(H2,26,29)/b20-5+. The summed E-state index contributed by atoms with van der Waals surface area (Å²) in [6.45, 7) is 4.71. The number of primary amides is 1. The molecule has 162 valence electrons. The highest BCUT2D eigenvalue weighted by molar-refractivity contribution is 7.82. The maximum absolute atomic E-state index is 12.9. The van der Waals surface area contributed by atoms with Gasteiger partial charge in [0.1, 0.15) is 11.0 Å². The first kappa shape index (κ1) is 23.1. The van der Waals surface area contributed by atoms with Gasteiger partial charge in [0, 0.05) is 41.9 Å². The average Bonchev–Trinajstić information content (AvgIpc) is 2.76. The van der Waals surface area contributed by atoms with Crippen molar-refractivity contribution in [2.45, 2.75) is 31.7 Å². The molecule has 2 atom stereocenters. The van der Waals surface area contributed by atoms with Crippen LogP contribution in [0.2, 0.25) is 5.02 Å². The Morgan fingerprint density at radius 2 is 1.97 bits per heavy atom. The molecule has 31 heavy (non-hydrogen) atoms. The molecule has 0 aromatic heterocycles. The third-order valence-corrected chi connectivity index (χ3v) is 6.78. The van der Waals surface area contributed by atoms with Crippen molar-refractivity contribution >= 4 is 34.2 Å². The summed E-state index contributed by atoms with van der Waals surface area (Å²) >= 11 is 6.53. The molecule has 2 aromatic carbocycles. The lowest BCUT2D eigenvalue weighted by Crippen LogP contribution is -2.21. The van der Waals surface area contributed by atoms with Crippen LogP contribution in [-0.4, -0.2) is 27.2 Å². The van der Waals surface area contributed by atoms with Crippen molar-refractivity contribution in [3.8, 4) is 0 Å². The Balaban J connectivity index is 1.84. The molecule has 0 aliphatic carbocycles. The highest BCUT2D eigenvalue weighted by atomic mass is 35.5. The van der Waals surface area contributed by atoms with Gasteiger partial charge in [-0.2, -0.15) is 0 Å². The predicted octanol–water partition coefficient (Wildman–Crippen LogP) is 4.88. The molecule has 0 saturated heterocycles. The predicted molar refractivity (Wildman–Crippen MR) is 128 cm³/mol. The molecule has 2 unspecified atom stereocenters. The summed E-state index contributed by atoms with van der Waals surface area (Å²) in [4.78, 5) is 16.4. The van der Waals surface area contributed by atoms with Crippen LogP contribution in [0.4, 0.5) is 0 Å². The lowest BCUT2D eigenvalue weighted by Gasteiger charge is -2.21. The Labute approximate surface area is 190 Å². The number of amides is 1. The minimum Gasteiger partial charge on any atom is -0.366 e. The molecule has 2 N–H and O–H groups in total. The number of hydrogen-bond acceptors (Lipinski definition) is 3. The number of carbonyl (C=O) groups is 1. The lowest BCUT2D eigenvalue weighted by molar-refractivity contribution is 0.1000. The number of aliphatic imine (C=N–C) groups is 1. The van der Waals surface area contributed by atoms with Crippen LogP contribution in [-0.2, 0) is 17.5 Å². The minimum atomic E-state index is -1.39. The Morgan fingerprint density at radius 3 is 2.61 bits per heavy atom. The minimum absolute atomic E-state index is 0.269. The molecule has 0 spiro atoms. The van der Waals surface area contributed by atoms with Crippen LogP contribution < -0.4 is 5.73 Å². The molecule has 3 rings (SSSR count). The molecule has 0 fully saturated rings. The summed E-state index contributed by atoms with van der Waals surface area (Å²) in [5, 5.41) is 0.637. The Morgan fingerprint density at radius 1 is 1.26 bits per heavy atom. The first-order chi connectivity index (χ1) is 14.8. The molecule has 1 aliphatic heterocycles. The zero-order valence-electron chi connectivity index (χ0n) is 17.8. The van der Waals surface area contributed by atoms with Gasteiger partial charge in [0.25, 0.3) is 0 Å². The lowest BCUT2D eigenvalue weighted by atomic mass is 9.89. The van der Waals surface area contributed by atoms with Gasteiger partial charge in [0.15, 0.2) is 0 Å². The third kappa shape index (κ3) is 5.39. The van der Waals surface area contributed by atoms with Crippen LogP contribution in [0.3, 0.4) is 0 Å². The largest absolute Gasteiger partial charge is 0.366 e. The monoisotopic (exact) mass is 455 g/mol. The van der Waals surface area contributed by atoms with E-state index in [4.69, 9.17) is 17.3 Å². The number of halogens is 1. The number of nitrogens with two attached hydrogens (primary N) is 1. The Kier molecular flexibility index (Phi) is 7.59. The number of rotatable bonds is 7. The number of hydrogen-bond donors (Lipinski definition) is 1. The maximum atomic E-state index is 12.9. The molecule has 5 nitrogen and oxygen atoms in total. The maximum Gasteiger partial charge on any atom is 0.248 e. The number of nitrogens with zero attached hydrogens (tertiary/aromatic N) is 2. The van der Waals surface area contributed by atoms with Gasteiger partial charge >= 0.3 is 0 Å². The van der Waals surface area contributed by atoms with Gasteiger partial charge in [0.2, 0.25) is 5.91 Å². The van der Waals surface area contributed by atoms with Gasteiger partial charge in [0.05, 0.1) is 10.6 Å². The van der Waals surface area contributed by atoms with Crippen molar-refractivity contribution in [2.75, 3.05) is 7.05 Å². The van der Waals surface area contributed by atoms with Gasteiger partial charge < -0.3 is 5.73 Å². The third-order valence-electron chi connectivity index (χ3n) is 5.08. The molecule has 1 heterocycles. The van der Waals surface area contributed by atoms with Crippen molar-refractivity contribution < 1.29 is 9.00 Å². The SMILES string of the molecule is CC/C=C1/C(c2cc(CN(C)S(=O)c3ccc(C(N)=O)cc3)ccc2Cl)=NC=CC1C. The van der Waals surface area contributed by atoms with Crippen LogP contribution in [0.15, 0.2) is 76.3 Å². The molecule has 2 aromatic rings. The van der Waals surface area contributed by atoms with E-state index in [1.165, 1.54) is 0 Å². The second-order valence-corrected chi connectivity index (χ2v) is 9.41. The van der Waals surface area contributed by atoms with E-state index < -0.39 is 16.9 Å². The van der Waals surface area contributed by atoms with E-state index in [1.807, 2.05) is 24.4 Å². The summed E-state index contributed by atoms with van der Waals surface area (Å²) in [5.74, 6) is -0.239. The molecule has 0 bridgehead atoms. The van der Waals surface area contributed by atoms with Crippen molar-refractivity contribution in [1.29, 1.82) is 0 Å². The normalized spacial score (nSPS) is 18.3. The quantitative estimate of drug-likeness (QED) is 0.645. The fraction of sp³-hybridized carbons (Fsp3) is 0.250. The number of carbonyl (C=O) groups excluding carboxylic acids is 1. The Hall–Kier alpha value is -2.54. The van der Waals surface area contributed by atoms with Crippen molar-refractivity contribution in [1.82, 2.24) is 4.31 Å². The van der Waals surface area contributed by atoms with Gasteiger partial charge in [-0.3, -0.25) is 9.79 Å². The van der Waals surface area contributed by atoms with E-state index in [-0.39, 0.29) is 5.92 Å². The van der Waals surface area contributed by atoms with E-state index in [1.54, 1.807) is 35.6 Å². The molecule has 0 saturated carbocycles. The van der Waals surface area contributed by atoms with E-state index in [0.717, 1.165) is 28.8 Å². The van der Waals surface area contributed by atoms with Gasteiger partial charge in [-0.1, -0.05) is 43.7 Å². The summed E-state index contributed by atoms with van der Waals surface area (Å²) < 4.78 is 14.7. The first-order valence-electron chi connectivity index (χ1n) is 10.1. The number of benzene rings is 2. The molecule has 1 aliphatic rings. The fourth-order valence-electron chi connectivity index (χ4n) is 3.45. The molecular formula is C24H26ClN3O2S. The smallest absolute Gasteiger partial charge is 0.248 e. The van der Waals surface area contributed by atoms with Crippen LogP contribution in [0.25, 0.3) is 0 Å². The van der Waals surface area contributed by atoms with E-state index >= 15 is 0 Å². The van der Waals surface area contributed by atoms with Crippen LogP contribution in [0.5, 0.6) is 0 Å². The second kappa shape index (κ2) is 10.2. The van der Waals surface area contributed by atoms with Gasteiger partial charge in [-0.25, -0.2) is 8.51 Å². The summed E-state index contributed by atoms with van der Waals surface area (Å²) in [7, 11) is 0.402. The molecular weight excluding hydrogens is 430 g/mol.